The van der Waals surface area contributed by atoms with Gasteiger partial charge in [0.15, 0.2) is 0 Å². The van der Waals surface area contributed by atoms with Gasteiger partial charge in [-0.3, -0.25) is 9.62 Å². The van der Waals surface area contributed by atoms with Crippen molar-refractivity contribution in [2.75, 3.05) is 35.8 Å². The van der Waals surface area contributed by atoms with Crippen molar-refractivity contribution in [3.63, 3.8) is 0 Å². The third-order valence-corrected chi connectivity index (χ3v) is 7.16. The summed E-state index contributed by atoms with van der Waals surface area (Å²) in [6.45, 7) is 4.90. The summed E-state index contributed by atoms with van der Waals surface area (Å²) in [6.07, 6.45) is 0. The van der Waals surface area contributed by atoms with Gasteiger partial charge in [0, 0.05) is 48.6 Å². The average Bonchev–Trinajstić information content (AvgIpc) is 2.76. The zero-order valence-electron chi connectivity index (χ0n) is 16.5. The first-order chi connectivity index (χ1) is 14.5. The van der Waals surface area contributed by atoms with Crippen LogP contribution in [0.15, 0.2) is 88.2 Å². The number of sulfonamides is 1. The van der Waals surface area contributed by atoms with E-state index in [1.54, 1.807) is 24.3 Å². The van der Waals surface area contributed by atoms with E-state index < -0.39 is 10.0 Å². The smallest absolute Gasteiger partial charge is 0.261 e. The standard InChI is InChI=1S/C23H24BrN3O2S/c24-20-8-12-23(13-9-20)30(28,29)25-21-10-6-19(7-11-21)18-26-14-16-27(17-15-26)22-4-2-1-3-5-22/h1-13,25H,14-18H2. The summed E-state index contributed by atoms with van der Waals surface area (Å²) >= 11 is 3.32. The summed E-state index contributed by atoms with van der Waals surface area (Å²) in [4.78, 5) is 5.09. The van der Waals surface area contributed by atoms with Crippen LogP contribution in [0.25, 0.3) is 0 Å². The molecule has 1 fully saturated rings. The second-order valence-electron chi connectivity index (χ2n) is 7.36. The number of piperazine rings is 1. The molecule has 30 heavy (non-hydrogen) atoms. The van der Waals surface area contributed by atoms with Gasteiger partial charge >= 0.3 is 0 Å². The molecule has 156 valence electrons. The molecule has 0 aliphatic carbocycles. The van der Waals surface area contributed by atoms with E-state index in [4.69, 9.17) is 0 Å². The van der Waals surface area contributed by atoms with Crippen LogP contribution in [0, 0.1) is 0 Å². The third kappa shape index (κ3) is 5.22. The van der Waals surface area contributed by atoms with Crippen LogP contribution in [-0.2, 0) is 16.6 Å². The Hall–Kier alpha value is -2.35. The maximum atomic E-state index is 12.5. The summed E-state index contributed by atoms with van der Waals surface area (Å²) in [5, 5.41) is 0. The summed E-state index contributed by atoms with van der Waals surface area (Å²) in [6, 6.07) is 24.7. The number of nitrogens with zero attached hydrogens (tertiary/aromatic N) is 2. The SMILES string of the molecule is O=S(=O)(Nc1ccc(CN2CCN(c3ccccc3)CC2)cc1)c1ccc(Br)cc1. The molecule has 5 nitrogen and oxygen atoms in total. The Morgan fingerprint density at radius 3 is 2.07 bits per heavy atom. The van der Waals surface area contributed by atoms with Crippen LogP contribution in [0.1, 0.15) is 5.56 Å². The molecule has 3 aromatic carbocycles. The molecule has 0 spiro atoms. The number of para-hydroxylation sites is 1. The zero-order chi connectivity index (χ0) is 21.0. The summed E-state index contributed by atoms with van der Waals surface area (Å²) in [7, 11) is -3.59. The number of rotatable bonds is 6. The number of anilines is 2. The van der Waals surface area contributed by atoms with Crippen molar-refractivity contribution in [2.24, 2.45) is 0 Å². The molecule has 0 bridgehead atoms. The minimum absolute atomic E-state index is 0.242. The molecule has 0 saturated carbocycles. The number of hydrogen-bond acceptors (Lipinski definition) is 4. The highest BCUT2D eigenvalue weighted by Crippen LogP contribution is 2.20. The molecule has 1 N–H and O–H groups in total. The van der Waals surface area contributed by atoms with E-state index in [0.29, 0.717) is 5.69 Å². The topological polar surface area (TPSA) is 52.7 Å². The van der Waals surface area contributed by atoms with Gasteiger partial charge < -0.3 is 4.90 Å². The fourth-order valence-corrected chi connectivity index (χ4v) is 4.89. The maximum absolute atomic E-state index is 12.5. The Labute approximate surface area is 186 Å². The second-order valence-corrected chi connectivity index (χ2v) is 9.95. The lowest BCUT2D eigenvalue weighted by Gasteiger charge is -2.36. The van der Waals surface area contributed by atoms with Crippen LogP contribution >= 0.6 is 15.9 Å². The highest BCUT2D eigenvalue weighted by atomic mass is 79.9. The number of hydrogen-bond donors (Lipinski definition) is 1. The molecule has 0 aromatic heterocycles. The quantitative estimate of drug-likeness (QED) is 0.555. The van der Waals surface area contributed by atoms with Gasteiger partial charge in [0.25, 0.3) is 10.0 Å². The van der Waals surface area contributed by atoms with E-state index in [0.717, 1.165) is 37.2 Å². The number of halogens is 1. The van der Waals surface area contributed by atoms with Gasteiger partial charge in [0.1, 0.15) is 0 Å². The monoisotopic (exact) mass is 485 g/mol. The van der Waals surface area contributed by atoms with Crippen molar-refractivity contribution in [1.82, 2.24) is 4.90 Å². The zero-order valence-corrected chi connectivity index (χ0v) is 18.9. The van der Waals surface area contributed by atoms with Crippen molar-refractivity contribution >= 4 is 37.3 Å². The molecule has 0 radical (unpaired) electrons. The predicted molar refractivity (Wildman–Crippen MR) is 125 cm³/mol. The molecule has 3 aromatic rings. The second kappa shape index (κ2) is 9.20. The van der Waals surface area contributed by atoms with Crippen molar-refractivity contribution in [1.29, 1.82) is 0 Å². The van der Waals surface area contributed by atoms with E-state index in [1.807, 2.05) is 30.3 Å². The van der Waals surface area contributed by atoms with E-state index in [2.05, 4.69) is 54.7 Å². The minimum atomic E-state index is -3.59. The Morgan fingerprint density at radius 2 is 1.43 bits per heavy atom. The molecule has 7 heteroatoms. The summed E-state index contributed by atoms with van der Waals surface area (Å²) in [5.41, 5.74) is 3.02. The van der Waals surface area contributed by atoms with Crippen LogP contribution < -0.4 is 9.62 Å². The Balaban J connectivity index is 1.32. The fourth-order valence-electron chi connectivity index (χ4n) is 3.57. The van der Waals surface area contributed by atoms with Gasteiger partial charge in [0.05, 0.1) is 4.90 Å². The van der Waals surface area contributed by atoms with E-state index in [-0.39, 0.29) is 4.90 Å². The van der Waals surface area contributed by atoms with E-state index in [9.17, 15) is 8.42 Å². The molecule has 1 heterocycles. The first-order valence-corrected chi connectivity index (χ1v) is 12.2. The summed E-state index contributed by atoms with van der Waals surface area (Å²) < 4.78 is 28.5. The van der Waals surface area contributed by atoms with Crippen LogP contribution in [-0.4, -0.2) is 39.5 Å². The molecule has 4 rings (SSSR count). The fraction of sp³-hybridized carbons (Fsp3) is 0.217. The molecule has 0 atom stereocenters. The van der Waals surface area contributed by atoms with Gasteiger partial charge in [-0.15, -0.1) is 0 Å². The Bertz CT molecular complexity index is 1060. The molecule has 0 amide bonds. The van der Waals surface area contributed by atoms with Gasteiger partial charge in [-0.2, -0.15) is 0 Å². The molecular formula is C23H24BrN3O2S. The largest absolute Gasteiger partial charge is 0.369 e. The Kier molecular flexibility index (Phi) is 6.41. The van der Waals surface area contributed by atoms with Gasteiger partial charge in [0.2, 0.25) is 0 Å². The van der Waals surface area contributed by atoms with Crippen molar-refractivity contribution in [2.45, 2.75) is 11.4 Å². The van der Waals surface area contributed by atoms with Crippen molar-refractivity contribution < 1.29 is 8.42 Å². The van der Waals surface area contributed by atoms with Crippen LogP contribution in [0.3, 0.4) is 0 Å². The first kappa shape index (κ1) is 20.9. The number of benzene rings is 3. The van der Waals surface area contributed by atoms with Gasteiger partial charge in [-0.25, -0.2) is 8.42 Å². The lowest BCUT2D eigenvalue weighted by atomic mass is 10.1. The molecule has 0 unspecified atom stereocenters. The third-order valence-electron chi connectivity index (χ3n) is 5.23. The lowest BCUT2D eigenvalue weighted by molar-refractivity contribution is 0.250. The van der Waals surface area contributed by atoms with Crippen molar-refractivity contribution in [3.8, 4) is 0 Å². The molecule has 1 aliphatic heterocycles. The Morgan fingerprint density at radius 1 is 0.800 bits per heavy atom. The molecular weight excluding hydrogens is 462 g/mol. The highest BCUT2D eigenvalue weighted by Gasteiger charge is 2.17. The van der Waals surface area contributed by atoms with Gasteiger partial charge in [-0.05, 0) is 54.1 Å². The van der Waals surface area contributed by atoms with E-state index in [1.165, 1.54) is 11.3 Å². The average molecular weight is 486 g/mol. The number of nitrogens with one attached hydrogen (secondary N) is 1. The van der Waals surface area contributed by atoms with Gasteiger partial charge in [-0.1, -0.05) is 46.3 Å². The maximum Gasteiger partial charge on any atom is 0.261 e. The predicted octanol–water partition coefficient (Wildman–Crippen LogP) is 4.57. The van der Waals surface area contributed by atoms with Crippen LogP contribution in [0.2, 0.25) is 0 Å². The first-order valence-electron chi connectivity index (χ1n) is 9.89. The normalized spacial score (nSPS) is 15.2. The van der Waals surface area contributed by atoms with Crippen LogP contribution in [0.5, 0.6) is 0 Å². The minimum Gasteiger partial charge on any atom is -0.369 e. The van der Waals surface area contributed by atoms with Crippen LogP contribution in [0.4, 0.5) is 11.4 Å². The summed E-state index contributed by atoms with van der Waals surface area (Å²) in [5.74, 6) is 0. The van der Waals surface area contributed by atoms with Crippen molar-refractivity contribution in [3.05, 3.63) is 88.9 Å². The molecule has 1 aliphatic rings. The lowest BCUT2D eigenvalue weighted by Crippen LogP contribution is -2.45. The van der Waals surface area contributed by atoms with E-state index >= 15 is 0 Å². The molecule has 1 saturated heterocycles. The highest BCUT2D eigenvalue weighted by molar-refractivity contribution is 9.10.